The lowest BCUT2D eigenvalue weighted by molar-refractivity contribution is 0.101. The first-order valence-electron chi connectivity index (χ1n) is 8.15. The van der Waals surface area contributed by atoms with Crippen molar-refractivity contribution < 1.29 is 18.7 Å². The minimum absolute atomic E-state index is 0.0182. The Hall–Kier alpha value is -3.45. The number of nitrogens with zero attached hydrogens (tertiary/aromatic N) is 1. The normalized spacial score (nSPS) is 10.2. The number of hydrogen-bond donors (Lipinski definition) is 2. The number of hydrogen-bond acceptors (Lipinski definition) is 4. The van der Waals surface area contributed by atoms with Crippen molar-refractivity contribution in [3.05, 3.63) is 82.9 Å². The Morgan fingerprint density at radius 1 is 0.929 bits per heavy atom. The molecule has 0 bridgehead atoms. The van der Waals surface area contributed by atoms with E-state index >= 15 is 0 Å². The van der Waals surface area contributed by atoms with Crippen LogP contribution in [0.5, 0.6) is 5.75 Å². The number of methoxy groups -OCH3 is 1. The minimum Gasteiger partial charge on any atom is -0.495 e. The Labute approximate surface area is 165 Å². The number of halogens is 2. The van der Waals surface area contributed by atoms with Crippen molar-refractivity contribution in [2.45, 2.75) is 0 Å². The molecule has 1 heterocycles. The van der Waals surface area contributed by atoms with Crippen LogP contribution in [-0.2, 0) is 0 Å². The number of carbonyl (C=O) groups excluding carboxylic acids is 2. The predicted molar refractivity (Wildman–Crippen MR) is 105 cm³/mol. The molecule has 6 nitrogen and oxygen atoms in total. The number of benzene rings is 2. The number of pyridine rings is 1. The van der Waals surface area contributed by atoms with Crippen LogP contribution in [0.3, 0.4) is 0 Å². The molecule has 2 N–H and O–H groups in total. The second kappa shape index (κ2) is 8.49. The van der Waals surface area contributed by atoms with E-state index < -0.39 is 17.6 Å². The van der Waals surface area contributed by atoms with Gasteiger partial charge in [0, 0.05) is 11.4 Å². The van der Waals surface area contributed by atoms with Gasteiger partial charge in [0.05, 0.1) is 12.1 Å². The van der Waals surface area contributed by atoms with Crippen molar-refractivity contribution in [1.29, 1.82) is 0 Å². The van der Waals surface area contributed by atoms with Crippen LogP contribution in [0.4, 0.5) is 15.8 Å². The minimum atomic E-state index is -0.562. The monoisotopic (exact) mass is 399 g/mol. The van der Waals surface area contributed by atoms with Gasteiger partial charge in [-0.15, -0.1) is 0 Å². The molecule has 142 valence electrons. The molecular weight excluding hydrogens is 385 g/mol. The summed E-state index contributed by atoms with van der Waals surface area (Å²) in [6, 6.07) is 14.7. The molecule has 0 aliphatic heterocycles. The topological polar surface area (TPSA) is 80.3 Å². The molecule has 1 aromatic heterocycles. The lowest BCUT2D eigenvalue weighted by atomic mass is 10.2. The van der Waals surface area contributed by atoms with E-state index in [0.717, 1.165) is 0 Å². The number of rotatable bonds is 5. The van der Waals surface area contributed by atoms with Crippen molar-refractivity contribution in [3.63, 3.8) is 0 Å². The number of aromatic nitrogens is 1. The fourth-order valence-electron chi connectivity index (χ4n) is 2.39. The van der Waals surface area contributed by atoms with Crippen LogP contribution >= 0.6 is 11.6 Å². The highest BCUT2D eigenvalue weighted by atomic mass is 35.5. The SMILES string of the molecule is COc1ccc(NC(=O)c2cccc(C(=O)Nc3cccc(F)c3)n2)cc1Cl. The van der Waals surface area contributed by atoms with Gasteiger partial charge < -0.3 is 15.4 Å². The van der Waals surface area contributed by atoms with Gasteiger partial charge in [-0.1, -0.05) is 23.7 Å². The van der Waals surface area contributed by atoms with Crippen LogP contribution in [0, 0.1) is 5.82 Å². The van der Waals surface area contributed by atoms with Crippen LogP contribution in [0.1, 0.15) is 21.0 Å². The zero-order chi connectivity index (χ0) is 20.1. The van der Waals surface area contributed by atoms with E-state index in [-0.39, 0.29) is 17.1 Å². The third kappa shape index (κ3) is 4.63. The summed E-state index contributed by atoms with van der Waals surface area (Å²) < 4.78 is 18.3. The Morgan fingerprint density at radius 2 is 1.54 bits per heavy atom. The third-order valence-electron chi connectivity index (χ3n) is 3.71. The van der Waals surface area contributed by atoms with E-state index in [4.69, 9.17) is 16.3 Å². The highest BCUT2D eigenvalue weighted by molar-refractivity contribution is 6.32. The molecule has 0 saturated heterocycles. The molecular formula is C20H15ClFN3O3. The standard InChI is InChI=1S/C20H15ClFN3O3/c1-28-18-9-8-14(11-15(18)21)24-20(27)17-7-3-6-16(25-17)19(26)23-13-5-2-4-12(22)10-13/h2-11H,1H3,(H,23,26)(H,24,27). The average Bonchev–Trinajstić information content (AvgIpc) is 2.68. The largest absolute Gasteiger partial charge is 0.495 e. The number of amides is 2. The summed E-state index contributed by atoms with van der Waals surface area (Å²) in [6.45, 7) is 0. The lowest BCUT2D eigenvalue weighted by Crippen LogP contribution is -2.18. The van der Waals surface area contributed by atoms with Gasteiger partial charge in [0.15, 0.2) is 0 Å². The molecule has 0 saturated carbocycles. The molecule has 0 fully saturated rings. The fourth-order valence-corrected chi connectivity index (χ4v) is 2.65. The number of ether oxygens (including phenoxy) is 1. The first kappa shape index (κ1) is 19.3. The van der Waals surface area contributed by atoms with Gasteiger partial charge in [-0.25, -0.2) is 9.37 Å². The van der Waals surface area contributed by atoms with Crippen LogP contribution in [0.25, 0.3) is 0 Å². The summed E-state index contributed by atoms with van der Waals surface area (Å²) in [7, 11) is 1.49. The van der Waals surface area contributed by atoms with Gasteiger partial charge >= 0.3 is 0 Å². The number of carbonyl (C=O) groups is 2. The van der Waals surface area contributed by atoms with Crippen molar-refractivity contribution in [1.82, 2.24) is 4.98 Å². The second-order valence-corrected chi connectivity index (χ2v) is 6.08. The number of nitrogens with one attached hydrogen (secondary N) is 2. The molecule has 2 amide bonds. The molecule has 0 radical (unpaired) electrons. The van der Waals surface area contributed by atoms with Gasteiger partial charge in [0.25, 0.3) is 11.8 Å². The molecule has 3 aromatic rings. The van der Waals surface area contributed by atoms with Gasteiger partial charge in [-0.05, 0) is 48.5 Å². The molecule has 0 unspecified atom stereocenters. The highest BCUT2D eigenvalue weighted by Gasteiger charge is 2.14. The summed E-state index contributed by atoms with van der Waals surface area (Å²) in [5.74, 6) is -1.07. The van der Waals surface area contributed by atoms with Crippen LogP contribution in [-0.4, -0.2) is 23.9 Å². The summed E-state index contributed by atoms with van der Waals surface area (Å²) in [5, 5.41) is 5.53. The molecule has 28 heavy (non-hydrogen) atoms. The molecule has 2 aromatic carbocycles. The zero-order valence-corrected chi connectivity index (χ0v) is 15.5. The second-order valence-electron chi connectivity index (χ2n) is 5.68. The van der Waals surface area contributed by atoms with Crippen molar-refractivity contribution in [3.8, 4) is 5.75 Å². The van der Waals surface area contributed by atoms with Crippen LogP contribution in [0.15, 0.2) is 60.7 Å². The van der Waals surface area contributed by atoms with E-state index in [1.54, 1.807) is 24.3 Å². The van der Waals surface area contributed by atoms with E-state index in [1.807, 2.05) is 0 Å². The summed E-state index contributed by atoms with van der Waals surface area (Å²) in [6.07, 6.45) is 0. The van der Waals surface area contributed by atoms with E-state index in [1.165, 1.54) is 43.5 Å². The smallest absolute Gasteiger partial charge is 0.274 e. The predicted octanol–water partition coefficient (Wildman–Crippen LogP) is 4.39. The Kier molecular flexibility index (Phi) is 5.86. The highest BCUT2D eigenvalue weighted by Crippen LogP contribution is 2.27. The van der Waals surface area contributed by atoms with Crippen LogP contribution in [0.2, 0.25) is 5.02 Å². The molecule has 0 atom stereocenters. The Balaban J connectivity index is 1.74. The maximum absolute atomic E-state index is 13.2. The van der Waals surface area contributed by atoms with Gasteiger partial charge in [0.2, 0.25) is 0 Å². The van der Waals surface area contributed by atoms with E-state index in [0.29, 0.717) is 16.5 Å². The third-order valence-corrected chi connectivity index (χ3v) is 4.00. The first-order valence-corrected chi connectivity index (χ1v) is 8.53. The molecule has 0 aliphatic rings. The van der Waals surface area contributed by atoms with Crippen molar-refractivity contribution in [2.75, 3.05) is 17.7 Å². The van der Waals surface area contributed by atoms with E-state index in [9.17, 15) is 14.0 Å². The van der Waals surface area contributed by atoms with Crippen molar-refractivity contribution in [2.24, 2.45) is 0 Å². The average molecular weight is 400 g/mol. The molecule has 3 rings (SSSR count). The summed E-state index contributed by atoms with van der Waals surface area (Å²) >= 11 is 6.04. The van der Waals surface area contributed by atoms with Gasteiger partial charge in [-0.3, -0.25) is 9.59 Å². The Morgan fingerprint density at radius 3 is 2.11 bits per heavy atom. The maximum Gasteiger partial charge on any atom is 0.274 e. The van der Waals surface area contributed by atoms with Gasteiger partial charge in [0.1, 0.15) is 23.0 Å². The van der Waals surface area contributed by atoms with Crippen molar-refractivity contribution >= 4 is 34.8 Å². The quantitative estimate of drug-likeness (QED) is 0.667. The summed E-state index contributed by atoms with van der Waals surface area (Å²) in [4.78, 5) is 28.8. The first-order chi connectivity index (χ1) is 13.5. The zero-order valence-electron chi connectivity index (χ0n) is 14.7. The number of anilines is 2. The maximum atomic E-state index is 13.2. The van der Waals surface area contributed by atoms with Gasteiger partial charge in [-0.2, -0.15) is 0 Å². The summed E-state index contributed by atoms with van der Waals surface area (Å²) in [5.41, 5.74) is 0.797. The van der Waals surface area contributed by atoms with Crippen LogP contribution < -0.4 is 15.4 Å². The van der Waals surface area contributed by atoms with E-state index in [2.05, 4.69) is 15.6 Å². The Bertz CT molecular complexity index is 1040. The fraction of sp³-hybridized carbons (Fsp3) is 0.0500. The lowest BCUT2D eigenvalue weighted by Gasteiger charge is -2.09. The molecule has 0 spiro atoms. The molecule has 8 heteroatoms. The molecule has 0 aliphatic carbocycles.